The molecule has 0 aliphatic rings. The molecule has 0 aliphatic heterocycles. The molecule has 0 bridgehead atoms. The Bertz CT molecular complexity index is 1170. The number of benzene rings is 3. The quantitative estimate of drug-likeness (QED) is 0.435. The van der Waals surface area contributed by atoms with Gasteiger partial charge < -0.3 is 9.73 Å². The van der Waals surface area contributed by atoms with Gasteiger partial charge in [-0.1, -0.05) is 42.5 Å². The monoisotopic (exact) mass is 329 g/mol. The van der Waals surface area contributed by atoms with Crippen molar-refractivity contribution in [2.45, 2.75) is 6.92 Å². The van der Waals surface area contributed by atoms with Gasteiger partial charge in [-0.15, -0.1) is 0 Å². The van der Waals surface area contributed by atoms with Crippen LogP contribution in [-0.4, -0.2) is 5.91 Å². The second kappa shape index (κ2) is 5.91. The van der Waals surface area contributed by atoms with Gasteiger partial charge in [0.1, 0.15) is 11.1 Å². The average molecular weight is 329 g/mol. The van der Waals surface area contributed by atoms with Crippen LogP contribution in [0.3, 0.4) is 0 Å². The van der Waals surface area contributed by atoms with Crippen LogP contribution in [0.4, 0.5) is 5.69 Å². The highest BCUT2D eigenvalue weighted by atomic mass is 16.4. The molecule has 1 N–H and O–H groups in total. The summed E-state index contributed by atoms with van der Waals surface area (Å²) in [6.07, 6.45) is 0. The van der Waals surface area contributed by atoms with E-state index < -0.39 is 11.5 Å². The first kappa shape index (κ1) is 15.1. The lowest BCUT2D eigenvalue weighted by Crippen LogP contribution is -2.20. The number of amides is 1. The van der Waals surface area contributed by atoms with Gasteiger partial charge in [-0.05, 0) is 47.5 Å². The number of carbonyl (C=O) groups excluding carboxylic acids is 1. The van der Waals surface area contributed by atoms with Gasteiger partial charge in [0.25, 0.3) is 5.91 Å². The number of anilines is 1. The molecule has 25 heavy (non-hydrogen) atoms. The standard InChI is InChI=1S/C21H15NO3/c1-13-5-4-7-15(11-13)22-20(23)18-12-17-16-8-3-2-6-14(16)9-10-19(17)25-21(18)24/h2-12H,1H3,(H,22,23). The fourth-order valence-corrected chi connectivity index (χ4v) is 2.95. The molecular formula is C21H15NO3. The lowest BCUT2D eigenvalue weighted by Gasteiger charge is -2.07. The number of rotatable bonds is 2. The third kappa shape index (κ3) is 2.78. The SMILES string of the molecule is Cc1cccc(NC(=O)c2cc3c(ccc4ccccc43)oc2=O)c1. The molecular weight excluding hydrogens is 314 g/mol. The molecule has 0 unspecified atom stereocenters. The molecule has 3 aromatic carbocycles. The minimum Gasteiger partial charge on any atom is -0.422 e. The molecule has 1 aromatic heterocycles. The van der Waals surface area contributed by atoms with E-state index in [9.17, 15) is 9.59 Å². The van der Waals surface area contributed by atoms with Crippen molar-refractivity contribution in [2.24, 2.45) is 0 Å². The summed E-state index contributed by atoms with van der Waals surface area (Å²) in [5.74, 6) is -0.478. The molecule has 1 heterocycles. The summed E-state index contributed by atoms with van der Waals surface area (Å²) >= 11 is 0. The third-order valence-electron chi connectivity index (χ3n) is 4.16. The fraction of sp³-hybridized carbons (Fsp3) is 0.0476. The molecule has 0 saturated heterocycles. The maximum atomic E-state index is 12.6. The van der Waals surface area contributed by atoms with Crippen molar-refractivity contribution in [1.29, 1.82) is 0 Å². The highest BCUT2D eigenvalue weighted by molar-refractivity contribution is 6.10. The first-order valence-corrected chi connectivity index (χ1v) is 7.95. The Morgan fingerprint density at radius 2 is 1.76 bits per heavy atom. The second-order valence-corrected chi connectivity index (χ2v) is 5.97. The van der Waals surface area contributed by atoms with Crippen LogP contribution in [0.1, 0.15) is 15.9 Å². The highest BCUT2D eigenvalue weighted by Gasteiger charge is 2.15. The number of aryl methyl sites for hydroxylation is 1. The smallest absolute Gasteiger partial charge is 0.349 e. The Hall–Kier alpha value is -3.40. The van der Waals surface area contributed by atoms with Crippen LogP contribution in [0.25, 0.3) is 21.7 Å². The largest absolute Gasteiger partial charge is 0.422 e. The summed E-state index contributed by atoms with van der Waals surface area (Å²) < 4.78 is 5.37. The van der Waals surface area contributed by atoms with E-state index in [0.29, 0.717) is 11.3 Å². The van der Waals surface area contributed by atoms with Crippen LogP contribution in [0, 0.1) is 6.92 Å². The summed E-state index contributed by atoms with van der Waals surface area (Å²) in [5, 5.41) is 5.46. The normalized spacial score (nSPS) is 10.9. The zero-order chi connectivity index (χ0) is 17.4. The van der Waals surface area contributed by atoms with Gasteiger partial charge in [-0.25, -0.2) is 4.79 Å². The first-order chi connectivity index (χ1) is 12.1. The van der Waals surface area contributed by atoms with Gasteiger partial charge in [0.05, 0.1) is 0 Å². The number of nitrogens with one attached hydrogen (secondary N) is 1. The van der Waals surface area contributed by atoms with Crippen LogP contribution < -0.4 is 10.9 Å². The summed E-state index contributed by atoms with van der Waals surface area (Å²) in [5.41, 5.74) is 1.48. The molecule has 4 nitrogen and oxygen atoms in total. The Kier molecular flexibility index (Phi) is 3.58. The molecule has 0 fully saturated rings. The molecule has 0 atom stereocenters. The lowest BCUT2D eigenvalue weighted by atomic mass is 10.0. The van der Waals surface area contributed by atoms with E-state index in [-0.39, 0.29) is 5.56 Å². The zero-order valence-electron chi connectivity index (χ0n) is 13.6. The predicted molar refractivity (Wildman–Crippen MR) is 99.1 cm³/mol. The van der Waals surface area contributed by atoms with Crippen molar-refractivity contribution < 1.29 is 9.21 Å². The van der Waals surface area contributed by atoms with Gasteiger partial charge in [-0.3, -0.25) is 4.79 Å². The minimum absolute atomic E-state index is 0.00893. The van der Waals surface area contributed by atoms with Crippen LogP contribution >= 0.6 is 0 Å². The van der Waals surface area contributed by atoms with E-state index in [1.165, 1.54) is 0 Å². The van der Waals surface area contributed by atoms with E-state index in [1.807, 2.05) is 55.5 Å². The van der Waals surface area contributed by atoms with Gasteiger partial charge in [0.2, 0.25) is 0 Å². The second-order valence-electron chi connectivity index (χ2n) is 5.97. The van der Waals surface area contributed by atoms with Crippen LogP contribution in [0.2, 0.25) is 0 Å². The van der Waals surface area contributed by atoms with E-state index in [4.69, 9.17) is 4.42 Å². The van der Waals surface area contributed by atoms with Crippen molar-refractivity contribution in [3.8, 4) is 0 Å². The van der Waals surface area contributed by atoms with Crippen molar-refractivity contribution in [2.75, 3.05) is 5.32 Å². The Labute approximate surface area is 143 Å². The van der Waals surface area contributed by atoms with E-state index in [1.54, 1.807) is 18.2 Å². The highest BCUT2D eigenvalue weighted by Crippen LogP contribution is 2.25. The molecule has 122 valence electrons. The minimum atomic E-state index is -0.645. The van der Waals surface area contributed by atoms with Crippen LogP contribution in [0.5, 0.6) is 0 Å². The summed E-state index contributed by atoms with van der Waals surface area (Å²) in [4.78, 5) is 24.8. The van der Waals surface area contributed by atoms with E-state index in [0.717, 1.165) is 21.7 Å². The van der Waals surface area contributed by atoms with E-state index in [2.05, 4.69) is 5.32 Å². The summed E-state index contributed by atoms with van der Waals surface area (Å²) in [7, 11) is 0. The van der Waals surface area contributed by atoms with Crippen LogP contribution in [0.15, 0.2) is 75.9 Å². The lowest BCUT2D eigenvalue weighted by molar-refractivity contribution is 0.102. The Morgan fingerprint density at radius 1 is 0.920 bits per heavy atom. The average Bonchev–Trinajstić information content (AvgIpc) is 2.61. The van der Waals surface area contributed by atoms with Crippen molar-refractivity contribution in [1.82, 2.24) is 0 Å². The molecule has 4 aromatic rings. The number of hydrogen-bond acceptors (Lipinski definition) is 3. The molecule has 0 saturated carbocycles. The fourth-order valence-electron chi connectivity index (χ4n) is 2.95. The Balaban J connectivity index is 1.83. The van der Waals surface area contributed by atoms with Gasteiger partial charge in [-0.2, -0.15) is 0 Å². The maximum Gasteiger partial charge on any atom is 0.349 e. The number of carbonyl (C=O) groups is 1. The van der Waals surface area contributed by atoms with Gasteiger partial charge in [0.15, 0.2) is 0 Å². The summed E-state index contributed by atoms with van der Waals surface area (Å²) in [6.45, 7) is 1.94. The van der Waals surface area contributed by atoms with Crippen molar-refractivity contribution in [3.05, 3.63) is 88.3 Å². The molecule has 0 radical (unpaired) electrons. The number of fused-ring (bicyclic) bond motifs is 3. The van der Waals surface area contributed by atoms with Crippen LogP contribution in [-0.2, 0) is 0 Å². The maximum absolute atomic E-state index is 12.6. The summed E-state index contributed by atoms with van der Waals surface area (Å²) in [6, 6.07) is 20.4. The van der Waals surface area contributed by atoms with Crippen molar-refractivity contribution >= 4 is 33.3 Å². The van der Waals surface area contributed by atoms with Gasteiger partial charge >= 0.3 is 5.63 Å². The Morgan fingerprint density at radius 3 is 2.60 bits per heavy atom. The molecule has 1 amide bonds. The van der Waals surface area contributed by atoms with Gasteiger partial charge in [0, 0.05) is 11.1 Å². The third-order valence-corrected chi connectivity index (χ3v) is 4.16. The first-order valence-electron chi connectivity index (χ1n) is 7.95. The molecule has 0 aliphatic carbocycles. The zero-order valence-corrected chi connectivity index (χ0v) is 13.6. The predicted octanol–water partition coefficient (Wildman–Crippen LogP) is 4.51. The van der Waals surface area contributed by atoms with E-state index >= 15 is 0 Å². The number of hydrogen-bond donors (Lipinski definition) is 1. The molecule has 4 rings (SSSR count). The molecule has 0 spiro atoms. The molecule has 4 heteroatoms. The van der Waals surface area contributed by atoms with Crippen molar-refractivity contribution in [3.63, 3.8) is 0 Å². The topological polar surface area (TPSA) is 59.3 Å².